The van der Waals surface area contributed by atoms with Crippen molar-refractivity contribution in [1.29, 1.82) is 0 Å². The lowest BCUT2D eigenvalue weighted by Crippen LogP contribution is -2.50. The van der Waals surface area contributed by atoms with Gasteiger partial charge in [-0.2, -0.15) is 0 Å². The van der Waals surface area contributed by atoms with Gasteiger partial charge in [-0.3, -0.25) is 4.90 Å². The molecule has 3 saturated heterocycles. The van der Waals surface area contributed by atoms with E-state index in [0.717, 1.165) is 75.7 Å². The predicted molar refractivity (Wildman–Crippen MR) is 144 cm³/mol. The Labute approximate surface area is 230 Å². The van der Waals surface area contributed by atoms with Gasteiger partial charge in [-0.15, -0.1) is 0 Å². The van der Waals surface area contributed by atoms with Crippen LogP contribution in [-0.4, -0.2) is 87.4 Å². The number of fused-ring (bicyclic) bond motifs is 2. The third kappa shape index (κ3) is 5.88. The van der Waals surface area contributed by atoms with Gasteiger partial charge in [-0.25, -0.2) is 14.0 Å². The van der Waals surface area contributed by atoms with Crippen molar-refractivity contribution >= 4 is 17.9 Å². The van der Waals surface area contributed by atoms with Gasteiger partial charge >= 0.3 is 12.2 Å². The number of carbonyl (C=O) groups excluding carboxylic acids is 2. The number of amides is 2. The van der Waals surface area contributed by atoms with Crippen LogP contribution in [0.4, 0.5) is 19.7 Å². The Morgan fingerprint density at radius 1 is 1.00 bits per heavy atom. The van der Waals surface area contributed by atoms with Gasteiger partial charge in [0.2, 0.25) is 0 Å². The van der Waals surface area contributed by atoms with E-state index in [1.165, 1.54) is 6.07 Å². The molecule has 4 fully saturated rings. The van der Waals surface area contributed by atoms with E-state index in [1.807, 2.05) is 0 Å². The van der Waals surface area contributed by atoms with Gasteiger partial charge in [-0.05, 0) is 69.0 Å². The summed E-state index contributed by atoms with van der Waals surface area (Å²) >= 11 is 0. The summed E-state index contributed by atoms with van der Waals surface area (Å²) in [6.45, 7) is 4.41. The highest BCUT2D eigenvalue weighted by atomic mass is 19.1. The Kier molecular flexibility index (Phi) is 7.95. The van der Waals surface area contributed by atoms with Gasteiger partial charge < -0.3 is 29.2 Å². The molecule has 4 heterocycles. The van der Waals surface area contributed by atoms with Gasteiger partial charge in [-0.1, -0.05) is 12.8 Å². The molecule has 0 radical (unpaired) electrons. The van der Waals surface area contributed by atoms with Crippen LogP contribution in [0.3, 0.4) is 0 Å². The normalized spacial score (nSPS) is 30.6. The Morgan fingerprint density at radius 3 is 2.44 bits per heavy atom. The molecule has 1 spiro atoms. The van der Waals surface area contributed by atoms with Crippen molar-refractivity contribution < 1.29 is 34.4 Å². The first-order valence-electron chi connectivity index (χ1n) is 14.6. The molecule has 5 aliphatic rings. The lowest BCUT2D eigenvalue weighted by molar-refractivity contribution is 0.0759. The smallest absolute Gasteiger partial charge is 0.414 e. The molecule has 1 aromatic carbocycles. The molecule has 2 unspecified atom stereocenters. The zero-order valence-corrected chi connectivity index (χ0v) is 22.6. The van der Waals surface area contributed by atoms with Gasteiger partial charge in [0.25, 0.3) is 0 Å². The molecule has 1 aliphatic carbocycles. The van der Waals surface area contributed by atoms with E-state index in [4.69, 9.17) is 18.9 Å². The first kappa shape index (κ1) is 26.8. The van der Waals surface area contributed by atoms with Crippen molar-refractivity contribution in [2.24, 2.45) is 0 Å². The molecule has 2 amide bonds. The van der Waals surface area contributed by atoms with Crippen LogP contribution in [0.2, 0.25) is 0 Å². The van der Waals surface area contributed by atoms with Crippen molar-refractivity contribution in [3.8, 4) is 0 Å². The molecule has 4 aliphatic heterocycles. The highest BCUT2D eigenvalue weighted by molar-refractivity contribution is 5.91. The summed E-state index contributed by atoms with van der Waals surface area (Å²) in [5.41, 5.74) is 1.40. The van der Waals surface area contributed by atoms with E-state index >= 15 is 0 Å². The minimum atomic E-state index is -0.369. The maximum atomic E-state index is 14.4. The number of hydrogen-bond acceptors (Lipinski definition) is 7. The zero-order valence-electron chi connectivity index (χ0n) is 22.6. The second-order valence-electron chi connectivity index (χ2n) is 11.8. The lowest BCUT2D eigenvalue weighted by Gasteiger charge is -2.43. The number of piperidine rings is 1. The molecule has 4 atom stereocenters. The standard InChI is InChI=1S/C29H40FN3O6.H2/c30-20-5-6-26-25(15-20)29(19-33(26)28(35)39-24-8-14-37-18-24)9-11-32(12-10-29)22-4-2-1-3-21(16-22)31-27(34)38-23-7-13-36-17-23;/h5-6,15,21-24H,1-4,7-14,16-19H2,(H,31,34);1H/t21?,22?,23-,24+;/m0./s1. The van der Waals surface area contributed by atoms with Crippen LogP contribution in [0.25, 0.3) is 0 Å². The third-order valence-corrected chi connectivity index (χ3v) is 9.31. The van der Waals surface area contributed by atoms with E-state index in [9.17, 15) is 14.0 Å². The van der Waals surface area contributed by atoms with Crippen molar-refractivity contribution in [2.75, 3.05) is 51.0 Å². The van der Waals surface area contributed by atoms with Gasteiger partial charge in [0, 0.05) is 38.3 Å². The van der Waals surface area contributed by atoms with Crippen LogP contribution in [0.1, 0.15) is 64.8 Å². The number of alkyl carbamates (subject to hydrolysis) is 1. The Bertz CT molecular complexity index is 1040. The maximum absolute atomic E-state index is 14.4. The zero-order chi connectivity index (χ0) is 26.8. The average molecular weight is 548 g/mol. The van der Waals surface area contributed by atoms with Crippen LogP contribution in [0.5, 0.6) is 0 Å². The highest BCUT2D eigenvalue weighted by Crippen LogP contribution is 2.48. The monoisotopic (exact) mass is 547 g/mol. The quantitative estimate of drug-likeness (QED) is 0.560. The Hall–Kier alpha value is -2.43. The first-order chi connectivity index (χ1) is 19.0. The fourth-order valence-corrected chi connectivity index (χ4v) is 7.12. The highest BCUT2D eigenvalue weighted by Gasteiger charge is 2.48. The topological polar surface area (TPSA) is 89.6 Å². The van der Waals surface area contributed by atoms with Gasteiger partial charge in [0.05, 0.1) is 32.1 Å². The van der Waals surface area contributed by atoms with Gasteiger partial charge in [0.15, 0.2) is 0 Å². The molecule has 1 N–H and O–H groups in total. The summed E-state index contributed by atoms with van der Waals surface area (Å²) in [7, 11) is 0. The van der Waals surface area contributed by atoms with Crippen molar-refractivity contribution in [1.82, 2.24) is 10.2 Å². The summed E-state index contributed by atoms with van der Waals surface area (Å²) in [6, 6.07) is 5.23. The number of nitrogens with zero attached hydrogens (tertiary/aromatic N) is 2. The SMILES string of the molecule is O=C(NC1CCCCC(N2CCC3(CC2)CN(C(=O)O[C@@H]2CCOC2)c2ccc(F)cc23)C1)O[C@H]1CCOC1.[HH]. The molecular formula is C29H42FN3O6. The Morgan fingerprint density at radius 2 is 1.72 bits per heavy atom. The van der Waals surface area contributed by atoms with Crippen molar-refractivity contribution in [3.63, 3.8) is 0 Å². The second-order valence-corrected chi connectivity index (χ2v) is 11.8. The van der Waals surface area contributed by atoms with E-state index in [2.05, 4.69) is 10.2 Å². The van der Waals surface area contributed by atoms with Crippen molar-refractivity contribution in [3.05, 3.63) is 29.6 Å². The number of anilines is 1. The summed E-state index contributed by atoms with van der Waals surface area (Å²) in [4.78, 5) is 29.9. The average Bonchev–Trinajstić information content (AvgIpc) is 3.65. The van der Waals surface area contributed by atoms with Crippen molar-refractivity contribution in [2.45, 2.75) is 87.5 Å². The van der Waals surface area contributed by atoms with E-state index in [0.29, 0.717) is 45.4 Å². The number of benzene rings is 1. The Balaban J connectivity index is 0.00000323. The largest absolute Gasteiger partial charge is 0.444 e. The lowest BCUT2D eigenvalue weighted by atomic mass is 9.74. The van der Waals surface area contributed by atoms with Crippen LogP contribution < -0.4 is 10.2 Å². The van der Waals surface area contributed by atoms with Crippen LogP contribution in [-0.2, 0) is 24.4 Å². The maximum Gasteiger partial charge on any atom is 0.414 e. The fourth-order valence-electron chi connectivity index (χ4n) is 7.12. The van der Waals surface area contributed by atoms with E-state index in [1.54, 1.807) is 17.0 Å². The molecule has 10 heteroatoms. The molecule has 9 nitrogen and oxygen atoms in total. The molecule has 39 heavy (non-hydrogen) atoms. The summed E-state index contributed by atoms with van der Waals surface area (Å²) in [6.07, 6.45) is 7.26. The minimum Gasteiger partial charge on any atom is -0.444 e. The minimum absolute atomic E-state index is 0. The number of likely N-dealkylation sites (tertiary alicyclic amines) is 1. The summed E-state index contributed by atoms with van der Waals surface area (Å²) in [5, 5.41) is 3.12. The number of ether oxygens (including phenoxy) is 4. The summed E-state index contributed by atoms with van der Waals surface area (Å²) in [5.74, 6) is -0.274. The third-order valence-electron chi connectivity index (χ3n) is 9.31. The molecular weight excluding hydrogens is 505 g/mol. The number of rotatable bonds is 4. The predicted octanol–water partition coefficient (Wildman–Crippen LogP) is 4.37. The molecule has 216 valence electrons. The summed E-state index contributed by atoms with van der Waals surface area (Å²) < 4.78 is 36.4. The fraction of sp³-hybridized carbons (Fsp3) is 0.724. The van der Waals surface area contributed by atoms with E-state index in [-0.39, 0.29) is 43.1 Å². The molecule has 0 bridgehead atoms. The van der Waals surface area contributed by atoms with Crippen LogP contribution in [0.15, 0.2) is 18.2 Å². The molecule has 6 rings (SSSR count). The van der Waals surface area contributed by atoms with Crippen LogP contribution in [0, 0.1) is 5.82 Å². The van der Waals surface area contributed by atoms with Crippen LogP contribution >= 0.6 is 0 Å². The van der Waals surface area contributed by atoms with Gasteiger partial charge in [0.1, 0.15) is 18.0 Å². The molecule has 0 aromatic heterocycles. The number of halogens is 1. The number of hydrogen-bond donors (Lipinski definition) is 1. The molecule has 1 aromatic rings. The molecule has 1 saturated carbocycles. The number of nitrogens with one attached hydrogen (secondary N) is 1. The first-order valence-corrected chi connectivity index (χ1v) is 14.6. The number of carbonyl (C=O) groups is 2. The second kappa shape index (κ2) is 11.6. The van der Waals surface area contributed by atoms with E-state index < -0.39 is 0 Å².